The maximum absolute atomic E-state index is 12.9. The Morgan fingerprint density at radius 2 is 2.11 bits per heavy atom. The van der Waals surface area contributed by atoms with Crippen molar-refractivity contribution in [3.8, 4) is 0 Å². The fourth-order valence-electron chi connectivity index (χ4n) is 1.33. The molecule has 3 amide bonds. The van der Waals surface area contributed by atoms with Gasteiger partial charge in [-0.05, 0) is 54.6 Å². The maximum atomic E-state index is 12.9. The number of carbonyl (C=O) groups is 2. The first kappa shape index (κ1) is 15.7. The third-order valence-electron chi connectivity index (χ3n) is 2.27. The van der Waals surface area contributed by atoms with Gasteiger partial charge in [0.25, 0.3) is 0 Å². The second kappa shape index (κ2) is 7.27. The van der Waals surface area contributed by atoms with E-state index in [0.29, 0.717) is 15.8 Å². The second-order valence-corrected chi connectivity index (χ2v) is 5.00. The molecule has 0 aliphatic carbocycles. The molecule has 0 fully saturated rings. The summed E-state index contributed by atoms with van der Waals surface area (Å²) in [6, 6.07) is 3.07. The van der Waals surface area contributed by atoms with Crippen LogP contribution in [0.15, 0.2) is 18.2 Å². The van der Waals surface area contributed by atoms with Crippen LogP contribution < -0.4 is 16.0 Å². The van der Waals surface area contributed by atoms with Crippen LogP contribution in [0.4, 0.5) is 14.9 Å². The Morgan fingerprint density at radius 1 is 1.42 bits per heavy atom. The topological polar surface area (TPSA) is 70.2 Å². The van der Waals surface area contributed by atoms with E-state index in [9.17, 15) is 14.0 Å². The molecule has 1 aromatic rings. The number of halogens is 2. The van der Waals surface area contributed by atoms with Crippen molar-refractivity contribution in [1.82, 2.24) is 10.6 Å². The third kappa shape index (κ3) is 5.01. The number of imide groups is 1. The van der Waals surface area contributed by atoms with E-state index in [4.69, 9.17) is 0 Å². The molecule has 0 spiro atoms. The lowest BCUT2D eigenvalue weighted by molar-refractivity contribution is -0.120. The molecule has 104 valence electrons. The van der Waals surface area contributed by atoms with E-state index in [1.54, 1.807) is 19.9 Å². The van der Waals surface area contributed by atoms with Gasteiger partial charge in [-0.25, -0.2) is 9.18 Å². The van der Waals surface area contributed by atoms with Gasteiger partial charge in [-0.3, -0.25) is 10.1 Å². The van der Waals surface area contributed by atoms with Gasteiger partial charge in [0.1, 0.15) is 11.9 Å². The molecule has 5 nitrogen and oxygen atoms in total. The minimum absolute atomic E-state index is 0.339. The summed E-state index contributed by atoms with van der Waals surface area (Å²) >= 11 is 1.97. The average molecular weight is 379 g/mol. The highest BCUT2D eigenvalue weighted by atomic mass is 127. The van der Waals surface area contributed by atoms with Gasteiger partial charge in [-0.1, -0.05) is 0 Å². The molecule has 0 saturated carbocycles. The largest absolute Gasteiger partial charge is 0.373 e. The van der Waals surface area contributed by atoms with Crippen molar-refractivity contribution < 1.29 is 14.0 Å². The van der Waals surface area contributed by atoms with Gasteiger partial charge in [0.15, 0.2) is 0 Å². The van der Waals surface area contributed by atoms with Crippen LogP contribution in [0.2, 0.25) is 0 Å². The molecule has 1 aromatic carbocycles. The SMILES string of the molecule is CCNC(=O)NC(=O)C(C)Nc1ccc(F)cc1I. The number of hydrogen-bond acceptors (Lipinski definition) is 3. The Kier molecular flexibility index (Phi) is 6.00. The molecule has 3 N–H and O–H groups in total. The van der Waals surface area contributed by atoms with E-state index in [1.807, 2.05) is 22.6 Å². The van der Waals surface area contributed by atoms with Crippen LogP contribution in [0, 0.1) is 9.39 Å². The summed E-state index contributed by atoms with van der Waals surface area (Å²) in [5, 5.41) is 7.59. The number of nitrogens with one attached hydrogen (secondary N) is 3. The minimum Gasteiger partial charge on any atom is -0.373 e. The number of anilines is 1. The quantitative estimate of drug-likeness (QED) is 0.702. The third-order valence-corrected chi connectivity index (χ3v) is 3.16. The van der Waals surface area contributed by atoms with Crippen LogP contribution in [0.25, 0.3) is 0 Å². The maximum Gasteiger partial charge on any atom is 0.321 e. The first-order valence-corrected chi connectivity index (χ1v) is 6.82. The van der Waals surface area contributed by atoms with Crippen molar-refractivity contribution in [1.29, 1.82) is 0 Å². The molecule has 0 radical (unpaired) electrons. The molecular weight excluding hydrogens is 364 g/mol. The lowest BCUT2D eigenvalue weighted by Gasteiger charge is -2.16. The molecule has 19 heavy (non-hydrogen) atoms. The van der Waals surface area contributed by atoms with Gasteiger partial charge in [-0.15, -0.1) is 0 Å². The van der Waals surface area contributed by atoms with Gasteiger partial charge >= 0.3 is 6.03 Å². The molecule has 0 aliphatic rings. The van der Waals surface area contributed by atoms with E-state index in [-0.39, 0.29) is 5.82 Å². The Bertz CT molecular complexity index is 482. The molecule has 0 bridgehead atoms. The van der Waals surface area contributed by atoms with Gasteiger partial charge in [0, 0.05) is 15.8 Å². The number of urea groups is 1. The zero-order valence-corrected chi connectivity index (χ0v) is 12.7. The van der Waals surface area contributed by atoms with Gasteiger partial charge in [0.2, 0.25) is 5.91 Å². The molecule has 1 rings (SSSR count). The van der Waals surface area contributed by atoms with Crippen molar-refractivity contribution in [2.75, 3.05) is 11.9 Å². The predicted octanol–water partition coefficient (Wildman–Crippen LogP) is 2.08. The van der Waals surface area contributed by atoms with E-state index >= 15 is 0 Å². The highest BCUT2D eigenvalue weighted by Crippen LogP contribution is 2.19. The molecule has 0 saturated heterocycles. The van der Waals surface area contributed by atoms with Gasteiger partial charge in [0.05, 0.1) is 0 Å². The van der Waals surface area contributed by atoms with Crippen LogP contribution in [-0.4, -0.2) is 24.5 Å². The lowest BCUT2D eigenvalue weighted by atomic mass is 10.2. The second-order valence-electron chi connectivity index (χ2n) is 3.84. The first-order chi connectivity index (χ1) is 8.93. The normalized spacial score (nSPS) is 11.6. The van der Waals surface area contributed by atoms with E-state index in [1.165, 1.54) is 12.1 Å². The van der Waals surface area contributed by atoms with Gasteiger partial charge < -0.3 is 10.6 Å². The molecule has 1 unspecified atom stereocenters. The van der Waals surface area contributed by atoms with E-state index in [2.05, 4.69) is 16.0 Å². The van der Waals surface area contributed by atoms with Crippen molar-refractivity contribution >= 4 is 40.2 Å². The van der Waals surface area contributed by atoms with Crippen LogP contribution in [0.3, 0.4) is 0 Å². The summed E-state index contributed by atoms with van der Waals surface area (Å²) in [7, 11) is 0. The number of hydrogen-bond donors (Lipinski definition) is 3. The molecule has 0 aliphatic heterocycles. The highest BCUT2D eigenvalue weighted by molar-refractivity contribution is 14.1. The predicted molar refractivity (Wildman–Crippen MR) is 79.4 cm³/mol. The number of rotatable bonds is 4. The zero-order chi connectivity index (χ0) is 14.4. The lowest BCUT2D eigenvalue weighted by Crippen LogP contribution is -2.45. The molecule has 1 atom stereocenters. The molecular formula is C12H15FIN3O2. The summed E-state index contributed by atoms with van der Waals surface area (Å²) in [5.74, 6) is -0.791. The monoisotopic (exact) mass is 379 g/mol. The number of carbonyl (C=O) groups excluding carboxylic acids is 2. The van der Waals surface area contributed by atoms with Gasteiger partial charge in [-0.2, -0.15) is 0 Å². The van der Waals surface area contributed by atoms with Crippen LogP contribution in [0.5, 0.6) is 0 Å². The van der Waals surface area contributed by atoms with Crippen molar-refractivity contribution in [2.45, 2.75) is 19.9 Å². The summed E-state index contributed by atoms with van der Waals surface area (Å²) in [4.78, 5) is 22.9. The highest BCUT2D eigenvalue weighted by Gasteiger charge is 2.16. The van der Waals surface area contributed by atoms with Crippen molar-refractivity contribution in [2.24, 2.45) is 0 Å². The summed E-state index contributed by atoms with van der Waals surface area (Å²) in [5.41, 5.74) is 0.639. The van der Waals surface area contributed by atoms with Crippen molar-refractivity contribution in [3.05, 3.63) is 27.6 Å². The molecule has 7 heteroatoms. The van der Waals surface area contributed by atoms with E-state index in [0.717, 1.165) is 0 Å². The Balaban J connectivity index is 2.61. The first-order valence-electron chi connectivity index (χ1n) is 5.74. The zero-order valence-electron chi connectivity index (χ0n) is 10.6. The fourth-order valence-corrected chi connectivity index (χ4v) is 1.96. The molecule has 0 aromatic heterocycles. The standard InChI is InChI=1S/C12H15FIN3O2/c1-3-15-12(19)17-11(18)7(2)16-10-5-4-8(13)6-9(10)14/h4-7,16H,3H2,1-2H3,(H2,15,17,18,19). The number of amides is 3. The van der Waals surface area contributed by atoms with Crippen molar-refractivity contribution in [3.63, 3.8) is 0 Å². The molecule has 0 heterocycles. The van der Waals surface area contributed by atoms with Crippen LogP contribution in [-0.2, 0) is 4.79 Å². The summed E-state index contributed by atoms with van der Waals surface area (Å²) in [6.45, 7) is 3.82. The fraction of sp³-hybridized carbons (Fsp3) is 0.333. The van der Waals surface area contributed by atoms with E-state index < -0.39 is 18.0 Å². The van der Waals surface area contributed by atoms with Crippen LogP contribution in [0.1, 0.15) is 13.8 Å². The Morgan fingerprint density at radius 3 is 2.68 bits per heavy atom. The van der Waals surface area contributed by atoms with Crippen LogP contribution >= 0.6 is 22.6 Å². The minimum atomic E-state index is -0.610. The summed E-state index contributed by atoms with van der Waals surface area (Å²) in [6.07, 6.45) is 0. The smallest absolute Gasteiger partial charge is 0.321 e. The average Bonchev–Trinajstić information content (AvgIpc) is 2.32. The summed E-state index contributed by atoms with van der Waals surface area (Å²) < 4.78 is 13.6. The Labute approximate surface area is 124 Å². The Hall–Kier alpha value is -1.38. The number of benzene rings is 1.